The molecule has 1 spiro atoms. The fourth-order valence-corrected chi connectivity index (χ4v) is 7.70. The van der Waals surface area contributed by atoms with Crippen molar-refractivity contribution in [2.45, 2.75) is 64.4 Å². The molecule has 4 aliphatic carbocycles. The van der Waals surface area contributed by atoms with E-state index in [1.807, 2.05) is 0 Å². The highest BCUT2D eigenvalue weighted by molar-refractivity contribution is 5.99. The first-order chi connectivity index (χ1) is 11.7. The van der Waals surface area contributed by atoms with E-state index in [1.54, 1.807) is 0 Å². The summed E-state index contributed by atoms with van der Waals surface area (Å²) in [5.74, 6) is -2.12. The number of aliphatic hydroxyl groups is 1. The average molecular weight is 348 g/mol. The van der Waals surface area contributed by atoms with Crippen LogP contribution in [0.4, 0.5) is 0 Å². The topological polar surface area (TPSA) is 94.8 Å². The maximum atomic E-state index is 12.1. The molecule has 4 rings (SSSR count). The maximum Gasteiger partial charge on any atom is 0.321 e. The van der Waals surface area contributed by atoms with Crippen LogP contribution < -0.4 is 0 Å². The number of hydrogen-bond donors (Lipinski definition) is 3. The molecule has 6 atom stereocenters. The van der Waals surface area contributed by atoms with Crippen LogP contribution in [0.25, 0.3) is 0 Å². The van der Waals surface area contributed by atoms with Gasteiger partial charge in [-0.25, -0.2) is 0 Å². The maximum absolute atomic E-state index is 12.1. The molecule has 2 bridgehead atoms. The molecule has 0 heterocycles. The van der Waals surface area contributed by atoms with Gasteiger partial charge in [-0.15, -0.1) is 0 Å². The van der Waals surface area contributed by atoms with Crippen LogP contribution in [0.2, 0.25) is 0 Å². The summed E-state index contributed by atoms with van der Waals surface area (Å²) in [6.07, 6.45) is 5.16. The van der Waals surface area contributed by atoms with Gasteiger partial charge in [0, 0.05) is 6.42 Å². The van der Waals surface area contributed by atoms with Gasteiger partial charge in [0.2, 0.25) is 0 Å². The van der Waals surface area contributed by atoms with Crippen molar-refractivity contribution in [1.82, 2.24) is 0 Å². The second-order valence-corrected chi connectivity index (χ2v) is 9.47. The molecule has 25 heavy (non-hydrogen) atoms. The number of rotatable bonds is 2. The third-order valence-corrected chi connectivity index (χ3v) is 8.47. The molecule has 138 valence electrons. The van der Waals surface area contributed by atoms with E-state index in [1.165, 1.54) is 5.57 Å². The largest absolute Gasteiger partial charge is 0.480 e. The predicted octanol–water partition coefficient (Wildman–Crippen LogP) is 3.08. The zero-order valence-electron chi connectivity index (χ0n) is 14.8. The first-order valence-corrected chi connectivity index (χ1v) is 9.48. The highest BCUT2D eigenvalue weighted by Gasteiger charge is 2.69. The number of fused-ring (bicyclic) bond motifs is 3. The molecular weight excluding hydrogens is 320 g/mol. The van der Waals surface area contributed by atoms with Gasteiger partial charge in [-0.05, 0) is 73.5 Å². The van der Waals surface area contributed by atoms with Crippen molar-refractivity contribution < 1.29 is 24.9 Å². The van der Waals surface area contributed by atoms with Crippen molar-refractivity contribution in [3.8, 4) is 0 Å². The molecule has 4 aliphatic rings. The SMILES string of the molecule is C=C1CC23CCC4C(C(=O)O)(C(=O)O)CC(O)CC4(C)C2CCC1C3. The lowest BCUT2D eigenvalue weighted by atomic mass is 9.40. The Morgan fingerprint density at radius 1 is 1.04 bits per heavy atom. The Hall–Kier alpha value is -1.36. The quantitative estimate of drug-likeness (QED) is 0.526. The zero-order valence-corrected chi connectivity index (χ0v) is 14.8. The van der Waals surface area contributed by atoms with Crippen LogP contribution >= 0.6 is 0 Å². The van der Waals surface area contributed by atoms with Crippen molar-refractivity contribution in [3.63, 3.8) is 0 Å². The van der Waals surface area contributed by atoms with Crippen molar-refractivity contribution in [3.05, 3.63) is 12.2 Å². The molecule has 0 aromatic heterocycles. The summed E-state index contributed by atoms with van der Waals surface area (Å²) in [4.78, 5) is 24.2. The van der Waals surface area contributed by atoms with Gasteiger partial charge >= 0.3 is 11.9 Å². The molecule has 4 saturated carbocycles. The fourth-order valence-electron chi connectivity index (χ4n) is 7.70. The highest BCUT2D eigenvalue weighted by Crippen LogP contribution is 2.72. The molecule has 5 nitrogen and oxygen atoms in total. The van der Waals surface area contributed by atoms with E-state index in [0.717, 1.165) is 32.1 Å². The summed E-state index contributed by atoms with van der Waals surface area (Å²) in [6.45, 7) is 6.33. The molecular formula is C20H28O5. The monoisotopic (exact) mass is 348 g/mol. The van der Waals surface area contributed by atoms with Crippen LogP contribution in [0.1, 0.15) is 58.3 Å². The van der Waals surface area contributed by atoms with Crippen molar-refractivity contribution in [1.29, 1.82) is 0 Å². The lowest BCUT2D eigenvalue weighted by Gasteiger charge is -2.63. The lowest BCUT2D eigenvalue weighted by molar-refractivity contribution is -0.209. The van der Waals surface area contributed by atoms with E-state index >= 15 is 0 Å². The number of carboxylic acids is 2. The molecule has 0 radical (unpaired) electrons. The van der Waals surface area contributed by atoms with Crippen molar-refractivity contribution in [2.24, 2.45) is 34.0 Å². The number of allylic oxidation sites excluding steroid dienone is 1. The number of aliphatic hydroxyl groups excluding tert-OH is 1. The van der Waals surface area contributed by atoms with Gasteiger partial charge in [0.05, 0.1) is 6.10 Å². The summed E-state index contributed by atoms with van der Waals surface area (Å²) in [5, 5.41) is 30.3. The van der Waals surface area contributed by atoms with Gasteiger partial charge in [0.25, 0.3) is 0 Å². The van der Waals surface area contributed by atoms with Crippen LogP contribution in [0.15, 0.2) is 12.2 Å². The number of hydrogen-bond acceptors (Lipinski definition) is 3. The Balaban J connectivity index is 1.82. The van der Waals surface area contributed by atoms with Crippen LogP contribution in [0.5, 0.6) is 0 Å². The van der Waals surface area contributed by atoms with Gasteiger partial charge in [0.15, 0.2) is 5.41 Å². The van der Waals surface area contributed by atoms with E-state index in [2.05, 4.69) is 13.5 Å². The first-order valence-electron chi connectivity index (χ1n) is 9.48. The summed E-state index contributed by atoms with van der Waals surface area (Å²) < 4.78 is 0. The van der Waals surface area contributed by atoms with Gasteiger partial charge in [-0.2, -0.15) is 0 Å². The molecule has 0 aliphatic heterocycles. The minimum absolute atomic E-state index is 0.144. The van der Waals surface area contributed by atoms with Crippen LogP contribution in [-0.2, 0) is 9.59 Å². The Morgan fingerprint density at radius 3 is 2.36 bits per heavy atom. The summed E-state index contributed by atoms with van der Waals surface area (Å²) in [6, 6.07) is 0. The summed E-state index contributed by atoms with van der Waals surface area (Å²) in [7, 11) is 0. The molecule has 4 fully saturated rings. The van der Waals surface area contributed by atoms with Crippen LogP contribution in [-0.4, -0.2) is 33.4 Å². The highest BCUT2D eigenvalue weighted by atomic mass is 16.4. The van der Waals surface area contributed by atoms with E-state index < -0.39 is 34.8 Å². The summed E-state index contributed by atoms with van der Waals surface area (Å²) >= 11 is 0. The predicted molar refractivity (Wildman–Crippen MR) is 90.8 cm³/mol. The van der Waals surface area contributed by atoms with Crippen LogP contribution in [0, 0.1) is 34.0 Å². The Kier molecular flexibility index (Phi) is 3.48. The fraction of sp³-hybridized carbons (Fsp3) is 0.800. The van der Waals surface area contributed by atoms with Crippen molar-refractivity contribution >= 4 is 11.9 Å². The molecule has 3 N–H and O–H groups in total. The first kappa shape index (κ1) is 17.1. The second-order valence-electron chi connectivity index (χ2n) is 9.47. The summed E-state index contributed by atoms with van der Waals surface area (Å²) in [5.41, 5.74) is -0.836. The minimum Gasteiger partial charge on any atom is -0.480 e. The standard InChI is InChI=1S/C20H28O5/c1-11-7-19-6-5-15-18(2,14(19)4-3-12(11)8-19)9-13(21)10-20(15,16(22)23)17(24)25/h12-15,21H,1,3-10H2,2H3,(H,22,23)(H,24,25). The van der Waals surface area contributed by atoms with Gasteiger partial charge in [-0.3, -0.25) is 9.59 Å². The normalized spacial score (nSPS) is 47.7. The van der Waals surface area contributed by atoms with Crippen LogP contribution in [0.3, 0.4) is 0 Å². The number of aliphatic carboxylic acids is 2. The Bertz CT molecular complexity index is 640. The molecule has 6 unspecified atom stereocenters. The third-order valence-electron chi connectivity index (χ3n) is 8.47. The van der Waals surface area contributed by atoms with Gasteiger partial charge in [-0.1, -0.05) is 19.1 Å². The van der Waals surface area contributed by atoms with E-state index in [9.17, 15) is 24.9 Å². The molecule has 0 saturated heterocycles. The van der Waals surface area contributed by atoms with E-state index in [4.69, 9.17) is 0 Å². The number of carbonyl (C=O) groups is 2. The van der Waals surface area contributed by atoms with E-state index in [0.29, 0.717) is 18.8 Å². The molecule has 0 aromatic rings. The number of carboxylic acid groups (broad SMARTS) is 2. The minimum atomic E-state index is -1.86. The molecule has 0 aromatic carbocycles. The lowest BCUT2D eigenvalue weighted by Crippen LogP contribution is -2.63. The van der Waals surface area contributed by atoms with Crippen molar-refractivity contribution in [2.75, 3.05) is 0 Å². The Labute approximate surface area is 148 Å². The second kappa shape index (κ2) is 5.09. The smallest absolute Gasteiger partial charge is 0.321 e. The van der Waals surface area contributed by atoms with E-state index in [-0.39, 0.29) is 17.8 Å². The Morgan fingerprint density at radius 2 is 1.72 bits per heavy atom. The zero-order chi connectivity index (χ0) is 18.2. The molecule has 5 heteroatoms. The third kappa shape index (κ3) is 1.99. The van der Waals surface area contributed by atoms with Gasteiger partial charge in [0.1, 0.15) is 0 Å². The molecule has 0 amide bonds. The average Bonchev–Trinajstić information content (AvgIpc) is 2.74. The van der Waals surface area contributed by atoms with Gasteiger partial charge < -0.3 is 15.3 Å².